The molecule has 2 atom stereocenters. The Balaban J connectivity index is 2.27. The van der Waals surface area contributed by atoms with Gasteiger partial charge in [-0.3, -0.25) is 9.59 Å². The van der Waals surface area contributed by atoms with E-state index in [1.807, 2.05) is 12.3 Å². The Bertz CT molecular complexity index is 806. The Morgan fingerprint density at radius 3 is 2.73 bits per heavy atom. The van der Waals surface area contributed by atoms with Crippen LogP contribution in [0.3, 0.4) is 0 Å². The van der Waals surface area contributed by atoms with Crippen LogP contribution in [0.2, 0.25) is 0 Å². The molecular weight excluding hydrogens is 376 g/mol. The Morgan fingerprint density at radius 2 is 2.12 bits per heavy atom. The number of nitrogens with zero attached hydrogens (tertiary/aromatic N) is 1. The molecule has 0 bridgehead atoms. The average molecular weight is 396 g/mol. The first-order chi connectivity index (χ1) is 12.4. The molecule has 0 spiro atoms. The molecule has 1 aromatic heterocycles. The number of methoxy groups -OCH3 is 1. The highest BCUT2D eigenvalue weighted by molar-refractivity contribution is 7.79. The number of carbonyl (C=O) groups excluding carboxylic acids is 2. The van der Waals surface area contributed by atoms with E-state index >= 15 is 0 Å². The zero-order valence-corrected chi connectivity index (χ0v) is 16.1. The smallest absolute Gasteiger partial charge is 0.315 e. The van der Waals surface area contributed by atoms with Crippen LogP contribution in [0.25, 0.3) is 0 Å². The van der Waals surface area contributed by atoms with Gasteiger partial charge in [0.15, 0.2) is 11.1 Å². The summed E-state index contributed by atoms with van der Waals surface area (Å²) in [6.45, 7) is 1.98. The van der Waals surface area contributed by atoms with Gasteiger partial charge in [-0.1, -0.05) is 25.1 Å². The first kappa shape index (κ1) is 20.2. The van der Waals surface area contributed by atoms with Crippen LogP contribution >= 0.6 is 11.3 Å². The van der Waals surface area contributed by atoms with E-state index in [-0.39, 0.29) is 11.3 Å². The number of rotatable bonds is 8. The molecule has 26 heavy (non-hydrogen) atoms. The van der Waals surface area contributed by atoms with Gasteiger partial charge in [0.2, 0.25) is 5.91 Å². The highest BCUT2D eigenvalue weighted by atomic mass is 32.2. The van der Waals surface area contributed by atoms with E-state index in [9.17, 15) is 18.4 Å². The van der Waals surface area contributed by atoms with Crippen molar-refractivity contribution in [1.29, 1.82) is 0 Å². The van der Waals surface area contributed by atoms with Crippen LogP contribution in [0.1, 0.15) is 35.7 Å². The maximum absolute atomic E-state index is 12.1. The number of hydrogen-bond donors (Lipinski definition) is 2. The normalized spacial score (nSPS) is 13.0. The van der Waals surface area contributed by atoms with Gasteiger partial charge in [0.25, 0.3) is 0 Å². The molecule has 9 heteroatoms. The largest absolute Gasteiger partial charge is 0.469 e. The fourth-order valence-electron chi connectivity index (χ4n) is 2.36. The molecule has 1 aromatic carbocycles. The van der Waals surface area contributed by atoms with E-state index in [1.54, 1.807) is 24.3 Å². The van der Waals surface area contributed by atoms with Crippen molar-refractivity contribution in [2.24, 2.45) is 0 Å². The molecule has 0 saturated carbocycles. The molecule has 1 amide bonds. The lowest BCUT2D eigenvalue weighted by molar-refractivity contribution is -0.143. The van der Waals surface area contributed by atoms with Crippen molar-refractivity contribution >= 4 is 34.3 Å². The second-order valence-electron chi connectivity index (χ2n) is 5.46. The molecule has 7 nitrogen and oxygen atoms in total. The van der Waals surface area contributed by atoms with E-state index in [0.29, 0.717) is 10.6 Å². The summed E-state index contributed by atoms with van der Waals surface area (Å²) in [7, 11) is 1.22. The summed E-state index contributed by atoms with van der Waals surface area (Å²) in [5, 5.41) is 5.37. The SMILES string of the molecule is CCc1csc(C(Cc2ccccc2S(=O)O)NC(=O)CC(=O)OC)n1. The first-order valence-electron chi connectivity index (χ1n) is 7.93. The number of hydrogen-bond acceptors (Lipinski definition) is 6. The molecule has 0 aliphatic heterocycles. The quantitative estimate of drug-likeness (QED) is 0.403. The van der Waals surface area contributed by atoms with Gasteiger partial charge in [-0.05, 0) is 18.1 Å². The fraction of sp³-hybridized carbons (Fsp3) is 0.353. The summed E-state index contributed by atoms with van der Waals surface area (Å²) in [5.41, 5.74) is 1.53. The Hall–Kier alpha value is -2.10. The Labute approximate surface area is 158 Å². The van der Waals surface area contributed by atoms with Gasteiger partial charge < -0.3 is 14.6 Å². The molecule has 0 aliphatic carbocycles. The number of aromatic nitrogens is 1. The third-order valence-corrected chi connectivity index (χ3v) is 5.46. The molecule has 0 saturated heterocycles. The standard InChI is InChI=1S/C17H20N2O5S2/c1-3-12-10-25-17(18-12)13(19-15(20)9-16(21)24-2)8-11-6-4-5-7-14(11)26(22)23/h4-7,10,13H,3,8-9H2,1-2H3,(H,19,20)(H,22,23). The minimum absolute atomic E-state index is 0.284. The predicted molar refractivity (Wildman–Crippen MR) is 98.2 cm³/mol. The lowest BCUT2D eigenvalue weighted by Crippen LogP contribution is -2.32. The molecule has 0 fully saturated rings. The average Bonchev–Trinajstić information content (AvgIpc) is 3.10. The van der Waals surface area contributed by atoms with Crippen LogP contribution in [0, 0.1) is 0 Å². The lowest BCUT2D eigenvalue weighted by atomic mass is 10.1. The monoisotopic (exact) mass is 396 g/mol. The zero-order chi connectivity index (χ0) is 19.1. The van der Waals surface area contributed by atoms with Crippen LogP contribution in [-0.4, -0.2) is 32.7 Å². The van der Waals surface area contributed by atoms with Crippen LogP contribution in [-0.2, 0) is 38.2 Å². The molecule has 0 aliphatic rings. The van der Waals surface area contributed by atoms with Crippen molar-refractivity contribution in [2.75, 3.05) is 7.11 Å². The van der Waals surface area contributed by atoms with E-state index in [4.69, 9.17) is 0 Å². The van der Waals surface area contributed by atoms with Gasteiger partial charge in [-0.15, -0.1) is 11.3 Å². The van der Waals surface area contributed by atoms with Crippen LogP contribution in [0.5, 0.6) is 0 Å². The topological polar surface area (TPSA) is 106 Å². The molecule has 2 N–H and O–H groups in total. The van der Waals surface area contributed by atoms with Crippen LogP contribution in [0.4, 0.5) is 0 Å². The Kier molecular flexibility index (Phi) is 7.43. The number of thiazole rings is 1. The van der Waals surface area contributed by atoms with Crippen molar-refractivity contribution in [3.05, 3.63) is 45.9 Å². The van der Waals surface area contributed by atoms with E-state index < -0.39 is 35.4 Å². The number of amides is 1. The third kappa shape index (κ3) is 5.45. The first-order valence-corrected chi connectivity index (χ1v) is 9.92. The minimum atomic E-state index is -2.14. The number of nitrogens with one attached hydrogen (secondary N) is 1. The van der Waals surface area contributed by atoms with E-state index in [0.717, 1.165) is 12.1 Å². The number of esters is 1. The maximum Gasteiger partial charge on any atom is 0.315 e. The Morgan fingerprint density at radius 1 is 1.38 bits per heavy atom. The molecule has 1 heterocycles. The minimum Gasteiger partial charge on any atom is -0.469 e. The maximum atomic E-state index is 12.1. The van der Waals surface area contributed by atoms with Crippen molar-refractivity contribution in [1.82, 2.24) is 10.3 Å². The number of aryl methyl sites for hydroxylation is 1. The van der Waals surface area contributed by atoms with Gasteiger partial charge in [0.1, 0.15) is 11.4 Å². The second kappa shape index (κ2) is 9.56. The summed E-state index contributed by atoms with van der Waals surface area (Å²) in [6, 6.07) is 6.23. The van der Waals surface area contributed by atoms with Gasteiger partial charge in [0.05, 0.1) is 23.7 Å². The van der Waals surface area contributed by atoms with E-state index in [1.165, 1.54) is 18.4 Å². The zero-order valence-electron chi connectivity index (χ0n) is 14.4. The molecule has 140 valence electrons. The van der Waals surface area contributed by atoms with Crippen LogP contribution < -0.4 is 5.32 Å². The summed E-state index contributed by atoms with van der Waals surface area (Å²) in [6.07, 6.45) is 0.648. The molecule has 2 unspecified atom stereocenters. The molecule has 2 rings (SSSR count). The fourth-order valence-corrected chi connectivity index (χ4v) is 3.88. The number of benzene rings is 1. The van der Waals surface area contributed by atoms with E-state index in [2.05, 4.69) is 15.0 Å². The van der Waals surface area contributed by atoms with Crippen molar-refractivity contribution in [3.8, 4) is 0 Å². The molecule has 0 radical (unpaired) electrons. The van der Waals surface area contributed by atoms with Gasteiger partial charge >= 0.3 is 5.97 Å². The lowest BCUT2D eigenvalue weighted by Gasteiger charge is -2.18. The van der Waals surface area contributed by atoms with Gasteiger partial charge in [-0.2, -0.15) is 0 Å². The van der Waals surface area contributed by atoms with Crippen molar-refractivity contribution in [3.63, 3.8) is 0 Å². The number of ether oxygens (including phenoxy) is 1. The summed E-state index contributed by atoms with van der Waals surface area (Å²) < 4.78 is 25.5. The summed E-state index contributed by atoms with van der Waals surface area (Å²) >= 11 is -0.735. The highest BCUT2D eigenvalue weighted by Gasteiger charge is 2.22. The summed E-state index contributed by atoms with van der Waals surface area (Å²) in [4.78, 5) is 28.2. The third-order valence-electron chi connectivity index (χ3n) is 3.68. The summed E-state index contributed by atoms with van der Waals surface area (Å²) in [5.74, 6) is -1.12. The van der Waals surface area contributed by atoms with Crippen molar-refractivity contribution < 1.29 is 23.1 Å². The molecule has 2 aromatic rings. The molecular formula is C17H20N2O5S2. The van der Waals surface area contributed by atoms with Crippen LogP contribution in [0.15, 0.2) is 34.5 Å². The highest BCUT2D eigenvalue weighted by Crippen LogP contribution is 2.25. The second-order valence-corrected chi connectivity index (χ2v) is 7.29. The van der Waals surface area contributed by atoms with Gasteiger partial charge in [0, 0.05) is 11.8 Å². The predicted octanol–water partition coefficient (Wildman–Crippen LogP) is 2.25. The van der Waals surface area contributed by atoms with Crippen molar-refractivity contribution in [2.45, 2.75) is 37.1 Å². The van der Waals surface area contributed by atoms with Gasteiger partial charge in [-0.25, -0.2) is 9.19 Å². The number of carbonyl (C=O) groups is 2.